The van der Waals surface area contributed by atoms with Crippen LogP contribution in [0.1, 0.15) is 84.5 Å². The first-order valence-electron chi connectivity index (χ1n) is 9.63. The van der Waals surface area contributed by atoms with Gasteiger partial charge in [0.15, 0.2) is 0 Å². The van der Waals surface area contributed by atoms with Gasteiger partial charge < -0.3 is 8.85 Å². The van der Waals surface area contributed by atoms with Crippen LogP contribution in [-0.4, -0.2) is 27.7 Å². The molecule has 0 aromatic heterocycles. The van der Waals surface area contributed by atoms with Crippen molar-refractivity contribution in [3.05, 3.63) is 0 Å². The zero-order valence-corrected chi connectivity index (χ0v) is 16.6. The van der Waals surface area contributed by atoms with Crippen molar-refractivity contribution in [1.82, 2.24) is 0 Å². The van der Waals surface area contributed by atoms with Gasteiger partial charge in [-0.25, -0.2) is 0 Å². The highest BCUT2D eigenvalue weighted by Gasteiger charge is 2.44. The van der Waals surface area contributed by atoms with Crippen LogP contribution in [0.2, 0.25) is 11.6 Å². The van der Waals surface area contributed by atoms with Gasteiger partial charge in [0.05, 0.1) is 0 Å². The van der Waals surface area contributed by atoms with Crippen molar-refractivity contribution in [2.24, 2.45) is 0 Å². The number of hydrogen-bond donors (Lipinski definition) is 0. The van der Waals surface area contributed by atoms with Crippen LogP contribution in [0.5, 0.6) is 0 Å². The Kier molecular flexibility index (Phi) is 11.9. The summed E-state index contributed by atoms with van der Waals surface area (Å²) in [5, 5.41) is 0. The topological polar surface area (TPSA) is 18.5 Å². The second-order valence-corrected chi connectivity index (χ2v) is 10.6. The quantitative estimate of drug-likeness (QED) is 0.244. The second kappa shape index (κ2) is 12.8. The summed E-state index contributed by atoms with van der Waals surface area (Å²) < 4.78 is 13.1. The van der Waals surface area contributed by atoms with Crippen LogP contribution in [0.3, 0.4) is 0 Å². The molecule has 0 spiro atoms. The summed E-state index contributed by atoms with van der Waals surface area (Å²) in [6.07, 6.45) is 14.0. The average Bonchev–Trinajstić information content (AvgIpc) is 2.47. The zero-order valence-electron chi connectivity index (χ0n) is 14.9. The van der Waals surface area contributed by atoms with Crippen molar-refractivity contribution in [2.75, 3.05) is 19.1 Å². The van der Waals surface area contributed by atoms with Crippen molar-refractivity contribution < 1.29 is 8.85 Å². The summed E-state index contributed by atoms with van der Waals surface area (Å²) in [5.74, 6) is 0.691. The minimum Gasteiger partial charge on any atom is -0.394 e. The minimum absolute atomic E-state index is 0.691. The monoisotopic (exact) mass is 348 g/mol. The average molecular weight is 349 g/mol. The summed E-state index contributed by atoms with van der Waals surface area (Å²) in [7, 11) is -2.08. The van der Waals surface area contributed by atoms with E-state index < -0.39 is 8.56 Å². The van der Waals surface area contributed by atoms with Gasteiger partial charge in [0.25, 0.3) is 0 Å². The van der Waals surface area contributed by atoms with E-state index in [4.69, 9.17) is 20.5 Å². The highest BCUT2D eigenvalue weighted by atomic mass is 35.5. The molecule has 0 bridgehead atoms. The molecule has 0 heterocycles. The van der Waals surface area contributed by atoms with E-state index in [1.165, 1.54) is 57.8 Å². The Labute approximate surface area is 144 Å². The van der Waals surface area contributed by atoms with Gasteiger partial charge in [-0.3, -0.25) is 0 Å². The summed E-state index contributed by atoms with van der Waals surface area (Å²) in [6.45, 7) is 6.19. The predicted octanol–water partition coefficient (Wildman–Crippen LogP) is 6.42. The van der Waals surface area contributed by atoms with Gasteiger partial charge in [0, 0.05) is 24.6 Å². The number of alkyl halides is 1. The highest BCUT2D eigenvalue weighted by Crippen LogP contribution is 2.39. The van der Waals surface area contributed by atoms with E-state index in [-0.39, 0.29) is 0 Å². The molecular formula is C18H37ClO2Si. The molecule has 0 saturated heterocycles. The molecular weight excluding hydrogens is 312 g/mol. The number of halogens is 1. The summed E-state index contributed by atoms with van der Waals surface area (Å²) in [5.41, 5.74) is 0.694. The molecule has 1 rings (SSSR count). The van der Waals surface area contributed by atoms with Gasteiger partial charge in [-0.15, -0.1) is 11.6 Å². The fraction of sp³-hybridized carbons (Fsp3) is 1.00. The van der Waals surface area contributed by atoms with E-state index in [9.17, 15) is 0 Å². The standard InChI is InChI=1S/C18H37ClO2Si/c1-3-5-15-20-22(17-4-2,21-16-11-14-19)18-12-9-7-6-8-10-13-18/h18H,3-17H2,1-2H3. The fourth-order valence-corrected chi connectivity index (χ4v) is 7.88. The lowest BCUT2D eigenvalue weighted by Crippen LogP contribution is -2.47. The van der Waals surface area contributed by atoms with Crippen molar-refractivity contribution >= 4 is 20.2 Å². The Bertz CT molecular complexity index is 245. The third-order valence-corrected chi connectivity index (χ3v) is 9.47. The molecule has 1 aliphatic rings. The Balaban J connectivity index is 2.76. The highest BCUT2D eigenvalue weighted by molar-refractivity contribution is 6.69. The minimum atomic E-state index is -2.08. The molecule has 0 aliphatic heterocycles. The molecule has 1 aliphatic carbocycles. The van der Waals surface area contributed by atoms with Crippen molar-refractivity contribution in [1.29, 1.82) is 0 Å². The van der Waals surface area contributed by atoms with E-state index in [1.54, 1.807) is 0 Å². The molecule has 0 radical (unpaired) electrons. The van der Waals surface area contributed by atoms with E-state index >= 15 is 0 Å². The molecule has 1 unspecified atom stereocenters. The molecule has 1 saturated carbocycles. The maximum absolute atomic E-state index is 6.57. The fourth-order valence-electron chi connectivity index (χ4n) is 3.56. The van der Waals surface area contributed by atoms with E-state index in [1.807, 2.05) is 0 Å². The molecule has 4 heteroatoms. The van der Waals surface area contributed by atoms with Gasteiger partial charge in [-0.1, -0.05) is 58.8 Å². The third kappa shape index (κ3) is 7.33. The smallest absolute Gasteiger partial charge is 0.341 e. The summed E-state index contributed by atoms with van der Waals surface area (Å²) in [6, 6.07) is 1.16. The summed E-state index contributed by atoms with van der Waals surface area (Å²) >= 11 is 5.86. The van der Waals surface area contributed by atoms with Gasteiger partial charge >= 0.3 is 8.56 Å². The lowest BCUT2D eigenvalue weighted by Gasteiger charge is -2.38. The van der Waals surface area contributed by atoms with Crippen LogP contribution in [0.4, 0.5) is 0 Å². The Morgan fingerprint density at radius 2 is 1.45 bits per heavy atom. The molecule has 1 atom stereocenters. The largest absolute Gasteiger partial charge is 0.394 e. The van der Waals surface area contributed by atoms with E-state index in [2.05, 4.69) is 13.8 Å². The van der Waals surface area contributed by atoms with Gasteiger partial charge in [0.2, 0.25) is 0 Å². The van der Waals surface area contributed by atoms with Crippen molar-refractivity contribution in [2.45, 2.75) is 96.1 Å². The van der Waals surface area contributed by atoms with Crippen LogP contribution in [0.15, 0.2) is 0 Å². The molecule has 0 amide bonds. The molecule has 0 aromatic carbocycles. The van der Waals surface area contributed by atoms with Crippen LogP contribution < -0.4 is 0 Å². The normalized spacial score (nSPS) is 20.3. The number of hydrogen-bond acceptors (Lipinski definition) is 2. The van der Waals surface area contributed by atoms with Crippen LogP contribution in [0.25, 0.3) is 0 Å². The first kappa shape index (κ1) is 20.5. The van der Waals surface area contributed by atoms with Crippen molar-refractivity contribution in [3.63, 3.8) is 0 Å². The summed E-state index contributed by atoms with van der Waals surface area (Å²) in [4.78, 5) is 0. The first-order chi connectivity index (χ1) is 10.8. The van der Waals surface area contributed by atoms with Gasteiger partial charge in [-0.2, -0.15) is 0 Å². The SMILES string of the molecule is CCCCO[Si](CCC)(OCCCCl)C1CCCCCCC1. The third-order valence-electron chi connectivity index (χ3n) is 4.79. The lowest BCUT2D eigenvalue weighted by atomic mass is 10.0. The molecule has 22 heavy (non-hydrogen) atoms. The van der Waals surface area contributed by atoms with Gasteiger partial charge in [0.1, 0.15) is 0 Å². The van der Waals surface area contributed by atoms with Crippen molar-refractivity contribution in [3.8, 4) is 0 Å². The Morgan fingerprint density at radius 3 is 2.00 bits per heavy atom. The molecule has 0 N–H and O–H groups in total. The lowest BCUT2D eigenvalue weighted by molar-refractivity contribution is 0.150. The molecule has 1 fully saturated rings. The van der Waals surface area contributed by atoms with E-state index in [0.29, 0.717) is 11.4 Å². The van der Waals surface area contributed by atoms with Crippen LogP contribution in [-0.2, 0) is 8.85 Å². The Hall–Kier alpha value is 0.427. The number of rotatable bonds is 11. The predicted molar refractivity (Wildman–Crippen MR) is 99.1 cm³/mol. The second-order valence-electron chi connectivity index (χ2n) is 6.70. The maximum Gasteiger partial charge on any atom is 0.341 e. The molecule has 2 nitrogen and oxygen atoms in total. The van der Waals surface area contributed by atoms with Crippen LogP contribution >= 0.6 is 11.6 Å². The first-order valence-corrected chi connectivity index (χ1v) is 12.3. The van der Waals surface area contributed by atoms with Crippen LogP contribution in [0, 0.1) is 0 Å². The number of unbranched alkanes of at least 4 members (excludes halogenated alkanes) is 1. The molecule has 0 aromatic rings. The zero-order chi connectivity index (χ0) is 16.1. The Morgan fingerprint density at radius 1 is 0.864 bits per heavy atom. The maximum atomic E-state index is 6.57. The van der Waals surface area contributed by atoms with E-state index in [0.717, 1.165) is 32.1 Å². The molecule has 132 valence electrons. The van der Waals surface area contributed by atoms with Gasteiger partial charge in [-0.05, 0) is 31.7 Å².